The van der Waals surface area contributed by atoms with Crippen LogP contribution in [0.5, 0.6) is 5.75 Å². The topological polar surface area (TPSA) is 50.8 Å². The molecule has 0 saturated carbocycles. The van der Waals surface area contributed by atoms with Gasteiger partial charge in [0.1, 0.15) is 5.75 Å². The van der Waals surface area contributed by atoms with E-state index < -0.39 is 0 Å². The molecule has 1 aliphatic heterocycles. The molecule has 31 heavy (non-hydrogen) atoms. The van der Waals surface area contributed by atoms with Gasteiger partial charge in [0, 0.05) is 43.4 Å². The molecule has 2 aromatic rings. The van der Waals surface area contributed by atoms with Gasteiger partial charge >= 0.3 is 0 Å². The zero-order valence-corrected chi connectivity index (χ0v) is 21.2. The first-order chi connectivity index (χ1) is 14.2. The second-order valence-electron chi connectivity index (χ2n) is 8.73. The third kappa shape index (κ3) is 6.45. The lowest BCUT2D eigenvalue weighted by Crippen LogP contribution is -2.43. The summed E-state index contributed by atoms with van der Waals surface area (Å²) in [6.45, 7) is 11.9. The van der Waals surface area contributed by atoms with Crippen molar-refractivity contribution in [1.82, 2.24) is 4.90 Å². The number of benzene rings is 2. The molecule has 0 radical (unpaired) electrons. The lowest BCUT2D eigenvalue weighted by Gasteiger charge is -2.40. The number of nitrogens with zero attached hydrogens (tertiary/aromatic N) is 1. The summed E-state index contributed by atoms with van der Waals surface area (Å²) >= 11 is 3.50. The highest BCUT2D eigenvalue weighted by atomic mass is 79.9. The van der Waals surface area contributed by atoms with E-state index in [2.05, 4.69) is 52.1 Å². The number of hydrogen-bond acceptors (Lipinski definition) is 4. The first kappa shape index (κ1) is 25.7. The summed E-state index contributed by atoms with van der Waals surface area (Å²) in [4.78, 5) is 15.2. The summed E-state index contributed by atoms with van der Waals surface area (Å²) in [5.41, 5.74) is 4.04. The molecule has 0 aromatic heterocycles. The Morgan fingerprint density at radius 2 is 1.97 bits per heavy atom. The highest BCUT2D eigenvalue weighted by Gasteiger charge is 2.31. The van der Waals surface area contributed by atoms with Crippen molar-refractivity contribution in [2.75, 3.05) is 32.1 Å². The van der Waals surface area contributed by atoms with Gasteiger partial charge in [-0.1, -0.05) is 19.9 Å². The molecule has 1 amide bonds. The molecule has 0 fully saturated rings. The van der Waals surface area contributed by atoms with E-state index >= 15 is 0 Å². The van der Waals surface area contributed by atoms with Crippen molar-refractivity contribution < 1.29 is 14.3 Å². The predicted molar refractivity (Wildman–Crippen MR) is 132 cm³/mol. The van der Waals surface area contributed by atoms with Crippen molar-refractivity contribution in [1.29, 1.82) is 0 Å². The molecular formula is C24H32BrClN2O3. The van der Waals surface area contributed by atoms with E-state index in [4.69, 9.17) is 9.47 Å². The van der Waals surface area contributed by atoms with E-state index in [-0.39, 0.29) is 29.8 Å². The fourth-order valence-electron chi connectivity index (χ4n) is 3.98. The number of carbonyl (C=O) groups excluding carboxylic acids is 1. The molecule has 1 heterocycles. The van der Waals surface area contributed by atoms with Crippen LogP contribution in [0.3, 0.4) is 0 Å². The number of fused-ring (bicyclic) bond motifs is 1. The Morgan fingerprint density at radius 3 is 2.61 bits per heavy atom. The van der Waals surface area contributed by atoms with Crippen molar-refractivity contribution in [3.63, 3.8) is 0 Å². The van der Waals surface area contributed by atoms with Gasteiger partial charge in [-0.3, -0.25) is 9.69 Å². The van der Waals surface area contributed by atoms with Gasteiger partial charge in [-0.25, -0.2) is 0 Å². The Balaban J connectivity index is 0.00000341. The number of carbonyl (C=O) groups is 1. The Kier molecular flexibility index (Phi) is 8.95. The van der Waals surface area contributed by atoms with E-state index in [1.54, 1.807) is 19.2 Å². The first-order valence-electron chi connectivity index (χ1n) is 10.3. The second-order valence-corrected chi connectivity index (χ2v) is 9.58. The standard InChI is InChI=1S/C24H31BrN2O3.ClH/c1-16(2)30-22-9-6-17(13-21(22)25)23(28)26-19-7-8-20-18(12-19)14-27(10-11-29-5)15-24(20,3)4;/h6-9,12-13,16H,10-11,14-15H2,1-5H3,(H,26,28);1H. The van der Waals surface area contributed by atoms with E-state index in [1.807, 2.05) is 26.0 Å². The molecule has 0 unspecified atom stereocenters. The maximum Gasteiger partial charge on any atom is 0.255 e. The van der Waals surface area contributed by atoms with Gasteiger partial charge < -0.3 is 14.8 Å². The number of methoxy groups -OCH3 is 1. The van der Waals surface area contributed by atoms with Crippen LogP contribution in [-0.4, -0.2) is 43.7 Å². The van der Waals surface area contributed by atoms with Crippen molar-refractivity contribution in [2.24, 2.45) is 0 Å². The van der Waals surface area contributed by atoms with Crippen LogP contribution >= 0.6 is 28.3 Å². The smallest absolute Gasteiger partial charge is 0.255 e. The zero-order valence-electron chi connectivity index (χ0n) is 18.8. The summed E-state index contributed by atoms with van der Waals surface area (Å²) in [5.74, 6) is 0.590. The maximum atomic E-state index is 12.8. The van der Waals surface area contributed by atoms with Gasteiger partial charge in [-0.2, -0.15) is 0 Å². The van der Waals surface area contributed by atoms with Crippen molar-refractivity contribution in [3.8, 4) is 5.75 Å². The molecule has 7 heteroatoms. The highest BCUT2D eigenvalue weighted by molar-refractivity contribution is 9.10. The number of halogens is 2. The van der Waals surface area contributed by atoms with Crippen LogP contribution in [0.15, 0.2) is 40.9 Å². The number of hydrogen-bond donors (Lipinski definition) is 1. The van der Waals surface area contributed by atoms with Crippen LogP contribution < -0.4 is 10.1 Å². The van der Waals surface area contributed by atoms with E-state index in [1.165, 1.54) is 11.1 Å². The number of ether oxygens (including phenoxy) is 2. The number of anilines is 1. The molecule has 170 valence electrons. The van der Waals surface area contributed by atoms with E-state index in [0.717, 1.165) is 35.5 Å². The number of amides is 1. The molecule has 2 aromatic carbocycles. The minimum Gasteiger partial charge on any atom is -0.490 e. The molecule has 3 rings (SSSR count). The number of nitrogens with one attached hydrogen (secondary N) is 1. The molecule has 0 saturated heterocycles. The van der Waals surface area contributed by atoms with E-state index in [9.17, 15) is 4.79 Å². The molecular weight excluding hydrogens is 480 g/mol. The van der Waals surface area contributed by atoms with Crippen LogP contribution in [0.2, 0.25) is 0 Å². The van der Waals surface area contributed by atoms with Gasteiger partial charge in [0.05, 0.1) is 17.2 Å². The highest BCUT2D eigenvalue weighted by Crippen LogP contribution is 2.35. The lowest BCUT2D eigenvalue weighted by molar-refractivity contribution is 0.102. The Hall–Kier alpha value is -1.60. The Morgan fingerprint density at radius 1 is 1.23 bits per heavy atom. The maximum absolute atomic E-state index is 12.8. The SMILES string of the molecule is COCCN1Cc2cc(NC(=O)c3ccc(OC(C)C)c(Br)c3)ccc2C(C)(C)C1.Cl. The number of rotatable bonds is 7. The van der Waals surface area contributed by atoms with E-state index in [0.29, 0.717) is 12.2 Å². The third-order valence-corrected chi connectivity index (χ3v) is 5.89. The third-order valence-electron chi connectivity index (χ3n) is 5.27. The molecule has 0 aliphatic carbocycles. The van der Waals surface area contributed by atoms with Crippen molar-refractivity contribution in [2.45, 2.75) is 45.8 Å². The second kappa shape index (κ2) is 10.8. The molecule has 5 nitrogen and oxygen atoms in total. The van der Waals surface area contributed by atoms with Gasteiger partial charge in [-0.05, 0) is 71.2 Å². The van der Waals surface area contributed by atoms with Gasteiger partial charge in [0.15, 0.2) is 0 Å². The van der Waals surface area contributed by atoms with Crippen molar-refractivity contribution in [3.05, 3.63) is 57.6 Å². The van der Waals surface area contributed by atoms with Crippen LogP contribution in [0.1, 0.15) is 49.2 Å². The summed E-state index contributed by atoms with van der Waals surface area (Å²) in [6.07, 6.45) is 0.0733. The average molecular weight is 512 g/mol. The Bertz CT molecular complexity index is 918. The van der Waals surface area contributed by atoms with Crippen LogP contribution in [0.4, 0.5) is 5.69 Å². The summed E-state index contributed by atoms with van der Waals surface area (Å²) in [5, 5.41) is 3.04. The van der Waals surface area contributed by atoms with Crippen LogP contribution in [-0.2, 0) is 16.7 Å². The lowest BCUT2D eigenvalue weighted by atomic mass is 9.78. The molecule has 0 atom stereocenters. The quantitative estimate of drug-likeness (QED) is 0.522. The molecule has 0 spiro atoms. The van der Waals surface area contributed by atoms with Crippen LogP contribution in [0.25, 0.3) is 0 Å². The average Bonchev–Trinajstić information content (AvgIpc) is 2.66. The van der Waals surface area contributed by atoms with Gasteiger partial charge in [-0.15, -0.1) is 12.4 Å². The predicted octanol–water partition coefficient (Wildman–Crippen LogP) is 5.65. The molecule has 1 aliphatic rings. The minimum atomic E-state index is -0.141. The summed E-state index contributed by atoms with van der Waals surface area (Å²) < 4.78 is 11.7. The van der Waals surface area contributed by atoms with Gasteiger partial charge in [0.2, 0.25) is 0 Å². The largest absolute Gasteiger partial charge is 0.490 e. The summed E-state index contributed by atoms with van der Waals surface area (Å²) in [6, 6.07) is 11.6. The van der Waals surface area contributed by atoms with Gasteiger partial charge in [0.25, 0.3) is 5.91 Å². The first-order valence-corrected chi connectivity index (χ1v) is 11.1. The fourth-order valence-corrected chi connectivity index (χ4v) is 4.45. The Labute approximate surface area is 200 Å². The monoisotopic (exact) mass is 510 g/mol. The molecule has 0 bridgehead atoms. The fraction of sp³-hybridized carbons (Fsp3) is 0.458. The summed E-state index contributed by atoms with van der Waals surface area (Å²) in [7, 11) is 1.73. The van der Waals surface area contributed by atoms with Crippen LogP contribution in [0, 0.1) is 0 Å². The van der Waals surface area contributed by atoms with Crippen molar-refractivity contribution >= 4 is 39.9 Å². The zero-order chi connectivity index (χ0) is 21.9. The molecule has 1 N–H and O–H groups in total. The minimum absolute atomic E-state index is 0. The normalized spacial score (nSPS) is 15.2.